The molecule has 3 fully saturated rings. The molecule has 0 radical (unpaired) electrons. The van der Waals surface area contributed by atoms with E-state index < -0.39 is 52.3 Å². The first-order chi connectivity index (χ1) is 34.6. The maximum atomic E-state index is 12.9. The van der Waals surface area contributed by atoms with Crippen LogP contribution in [0.15, 0.2) is 94.9 Å². The van der Waals surface area contributed by atoms with E-state index in [1.807, 2.05) is 39.0 Å². The van der Waals surface area contributed by atoms with E-state index in [0.717, 1.165) is 52.1 Å². The number of carbonyl (C=O) groups is 4. The van der Waals surface area contributed by atoms with Crippen molar-refractivity contribution in [3.8, 4) is 0 Å². The minimum Gasteiger partial charge on any atom is -0.480 e. The Bertz CT molecular complexity index is 2200. The Morgan fingerprint density at radius 3 is 1.57 bits per heavy atom. The second kappa shape index (κ2) is 30.1. The van der Waals surface area contributed by atoms with Crippen molar-refractivity contribution in [1.82, 2.24) is 25.8 Å². The minimum atomic E-state index is -1.07. The molecule has 74 heavy (non-hydrogen) atoms. The fourth-order valence-corrected chi connectivity index (χ4v) is 8.40. The molecule has 1 aliphatic carbocycles. The predicted octanol–water partition coefficient (Wildman–Crippen LogP) is 10.5. The van der Waals surface area contributed by atoms with Gasteiger partial charge in [-0.15, -0.1) is 0 Å². The van der Waals surface area contributed by atoms with E-state index in [0.29, 0.717) is 18.6 Å². The molecule has 0 unspecified atom stereocenters. The van der Waals surface area contributed by atoms with Crippen molar-refractivity contribution >= 4 is 30.1 Å². The Kier molecular flexibility index (Phi) is 25.5. The molecule has 3 aliphatic rings. The Labute approximate surface area is 443 Å². The van der Waals surface area contributed by atoms with Crippen molar-refractivity contribution in [3.05, 3.63) is 107 Å². The topological polar surface area (TPSA) is 200 Å². The number of nitrogens with one attached hydrogen (secondary N) is 3. The highest BCUT2D eigenvalue weighted by Crippen LogP contribution is 2.23. The summed E-state index contributed by atoms with van der Waals surface area (Å²) in [6.07, 6.45) is 7.19. The van der Waals surface area contributed by atoms with Crippen LogP contribution in [0.1, 0.15) is 150 Å². The molecule has 6 N–H and O–H groups in total. The zero-order valence-corrected chi connectivity index (χ0v) is 47.1. The molecule has 15 nitrogen and oxygen atoms in total. The highest BCUT2D eigenvalue weighted by Gasteiger charge is 2.37. The molecule has 3 aromatic rings. The molecular formula is C59H92N8O7. The van der Waals surface area contributed by atoms with Crippen LogP contribution in [-0.2, 0) is 38.7 Å². The fraction of sp³-hybridized carbons (Fsp3) is 0.610. The zero-order valence-electron chi connectivity index (χ0n) is 47.1. The van der Waals surface area contributed by atoms with Gasteiger partial charge < -0.3 is 36.3 Å². The number of benzene rings is 3. The number of ether oxygens (including phenoxy) is 2. The van der Waals surface area contributed by atoms with Gasteiger partial charge in [0.15, 0.2) is 0 Å². The van der Waals surface area contributed by atoms with Crippen molar-refractivity contribution in [2.45, 2.75) is 196 Å². The summed E-state index contributed by atoms with van der Waals surface area (Å²) in [5, 5.41) is 17.2. The van der Waals surface area contributed by atoms with Crippen LogP contribution >= 0.6 is 0 Å². The summed E-state index contributed by atoms with van der Waals surface area (Å²) in [7, 11) is 0. The molecule has 2 heterocycles. The van der Waals surface area contributed by atoms with Gasteiger partial charge in [0.1, 0.15) is 23.3 Å². The molecule has 15 heteroatoms. The Hall–Kier alpha value is -5.60. The number of nitrogens with two attached hydrogens (primary N) is 1. The smallest absolute Gasteiger partial charge is 0.408 e. The van der Waals surface area contributed by atoms with E-state index >= 15 is 0 Å². The SMILES string of the molecule is CC(C)(C)OC(=O)N[C@H](C(=O)N[C@H]1CCN(Cc2ccccc2)C1)C(C)(C)C.CC(C)(C)OC(=O)N[C@H](C(=O)O)C(C)(C)C.Cc1ccc(CN=C=NC2CCCCC2)cc1.N[C@H]1CCN(Cc2ccccc2)C1. The van der Waals surface area contributed by atoms with Crippen LogP contribution in [0, 0.1) is 17.8 Å². The summed E-state index contributed by atoms with van der Waals surface area (Å²) in [6, 6.07) is 31.6. The van der Waals surface area contributed by atoms with Gasteiger partial charge in [-0.25, -0.2) is 24.4 Å². The van der Waals surface area contributed by atoms with Crippen molar-refractivity contribution in [1.29, 1.82) is 0 Å². The molecule has 2 saturated heterocycles. The maximum Gasteiger partial charge on any atom is 0.408 e. The molecule has 3 aromatic carbocycles. The van der Waals surface area contributed by atoms with Gasteiger partial charge in [0, 0.05) is 51.4 Å². The average molecular weight is 1030 g/mol. The number of likely N-dealkylation sites (tertiary alicyclic amines) is 2. The Balaban J connectivity index is 0.000000273. The Morgan fingerprint density at radius 2 is 1.12 bits per heavy atom. The second-order valence-electron chi connectivity index (χ2n) is 24.0. The normalized spacial score (nSPS) is 18.2. The largest absolute Gasteiger partial charge is 0.480 e. The van der Waals surface area contributed by atoms with Gasteiger partial charge in [0.05, 0.1) is 18.6 Å². The van der Waals surface area contributed by atoms with Gasteiger partial charge in [0.25, 0.3) is 0 Å². The number of aliphatic imine (C=N–C) groups is 2. The van der Waals surface area contributed by atoms with Gasteiger partial charge in [-0.05, 0) is 102 Å². The average Bonchev–Trinajstić information content (AvgIpc) is 3.93. The third-order valence-electron chi connectivity index (χ3n) is 12.3. The van der Waals surface area contributed by atoms with Crippen molar-refractivity contribution in [3.63, 3.8) is 0 Å². The quantitative estimate of drug-likeness (QED) is 0.109. The number of nitrogens with zero attached hydrogens (tertiary/aromatic N) is 4. The first-order valence-corrected chi connectivity index (χ1v) is 26.5. The molecule has 4 atom stereocenters. The maximum absolute atomic E-state index is 12.9. The van der Waals surface area contributed by atoms with E-state index in [9.17, 15) is 19.2 Å². The molecular weight excluding hydrogens is 933 g/mol. The lowest BCUT2D eigenvalue weighted by Gasteiger charge is -2.32. The molecule has 0 bridgehead atoms. The van der Waals surface area contributed by atoms with Crippen molar-refractivity contribution in [2.75, 3.05) is 26.2 Å². The van der Waals surface area contributed by atoms with Gasteiger partial charge >= 0.3 is 18.2 Å². The first-order valence-electron chi connectivity index (χ1n) is 26.5. The lowest BCUT2D eigenvalue weighted by Crippen LogP contribution is -2.56. The molecule has 6 rings (SSSR count). The molecule has 1 saturated carbocycles. The summed E-state index contributed by atoms with van der Waals surface area (Å²) in [4.78, 5) is 60.9. The van der Waals surface area contributed by atoms with Gasteiger partial charge in [-0.2, -0.15) is 0 Å². The molecule has 2 aliphatic heterocycles. The highest BCUT2D eigenvalue weighted by molar-refractivity contribution is 5.86. The molecule has 3 amide bonds. The van der Waals surface area contributed by atoms with Crippen LogP contribution in [0.4, 0.5) is 9.59 Å². The highest BCUT2D eigenvalue weighted by atomic mass is 16.6. The summed E-state index contributed by atoms with van der Waals surface area (Å²) in [5.74, 6) is -1.23. The number of amides is 3. The number of alkyl carbamates (subject to hydrolysis) is 2. The van der Waals surface area contributed by atoms with Crippen LogP contribution in [0.2, 0.25) is 0 Å². The van der Waals surface area contributed by atoms with E-state index in [1.54, 1.807) is 62.3 Å². The summed E-state index contributed by atoms with van der Waals surface area (Å²) < 4.78 is 10.3. The number of carboxylic acid groups (broad SMARTS) is 1. The van der Waals surface area contributed by atoms with Crippen LogP contribution < -0.4 is 21.7 Å². The zero-order chi connectivity index (χ0) is 55.1. The summed E-state index contributed by atoms with van der Waals surface area (Å²) in [5.41, 5.74) is 8.77. The van der Waals surface area contributed by atoms with E-state index in [-0.39, 0.29) is 11.9 Å². The standard InChI is InChI=1S/C22H35N3O3.C15H20N2.C11H16N2.C11H21NO4/c1-21(2,3)18(24-20(27)28-22(4,5)6)19(26)23-17-12-13-25(15-17)14-16-10-8-7-9-11-16;1-13-7-9-14(10-8-13)11-16-12-17-15-5-3-2-4-6-15;12-11-6-7-13(9-11)8-10-4-2-1-3-5-10;1-10(2,3)7(8(13)14)12-9(15)16-11(4,5)6/h7-11,17-18H,12-15H2,1-6H3,(H,23,26)(H,24,27);7-10,15H,2-6,11H2,1H3;1-5,11H,6-9,12H2;7H,1-6H3,(H,12,15)(H,13,14)/t17-,18+;;11-;7-/m0.01/s1. The number of aryl methyl sites for hydroxylation is 1. The van der Waals surface area contributed by atoms with Gasteiger partial charge in [-0.3, -0.25) is 14.6 Å². The predicted molar refractivity (Wildman–Crippen MR) is 297 cm³/mol. The number of hydrogen-bond acceptors (Lipinski definition) is 11. The van der Waals surface area contributed by atoms with Crippen LogP contribution in [0.3, 0.4) is 0 Å². The fourth-order valence-electron chi connectivity index (χ4n) is 8.40. The molecule has 0 aromatic heterocycles. The summed E-state index contributed by atoms with van der Waals surface area (Å²) in [6.45, 7) is 30.3. The van der Waals surface area contributed by atoms with Crippen molar-refractivity contribution < 1.29 is 33.8 Å². The van der Waals surface area contributed by atoms with E-state index in [4.69, 9.17) is 20.3 Å². The van der Waals surface area contributed by atoms with Gasteiger partial charge in [0.2, 0.25) is 5.91 Å². The van der Waals surface area contributed by atoms with Crippen LogP contribution in [0.5, 0.6) is 0 Å². The van der Waals surface area contributed by atoms with E-state index in [1.165, 1.54) is 54.4 Å². The number of carbonyl (C=O) groups excluding carboxylic acids is 3. The molecule has 0 spiro atoms. The first kappa shape index (κ1) is 62.7. The van der Waals surface area contributed by atoms with Crippen LogP contribution in [0.25, 0.3) is 0 Å². The lowest BCUT2D eigenvalue weighted by atomic mass is 9.86. The molecule has 410 valence electrons. The van der Waals surface area contributed by atoms with E-state index in [2.05, 4.69) is 115 Å². The third-order valence-corrected chi connectivity index (χ3v) is 12.3. The number of hydrogen-bond donors (Lipinski definition) is 5. The lowest BCUT2D eigenvalue weighted by molar-refractivity contribution is -0.142. The third kappa shape index (κ3) is 26.6. The number of carboxylic acids is 1. The number of aliphatic carboxylic acids is 1. The van der Waals surface area contributed by atoms with Gasteiger partial charge in [-0.1, -0.05) is 151 Å². The summed E-state index contributed by atoms with van der Waals surface area (Å²) >= 11 is 0. The van der Waals surface area contributed by atoms with Crippen LogP contribution in [-0.4, -0.2) is 113 Å². The number of rotatable bonds is 12. The monoisotopic (exact) mass is 1020 g/mol. The second-order valence-corrected chi connectivity index (χ2v) is 24.0. The van der Waals surface area contributed by atoms with Crippen molar-refractivity contribution in [2.24, 2.45) is 26.5 Å². The minimum absolute atomic E-state index is 0.0847. The Morgan fingerprint density at radius 1 is 0.649 bits per heavy atom.